The van der Waals surface area contributed by atoms with Crippen molar-refractivity contribution in [3.8, 4) is 0 Å². The van der Waals surface area contributed by atoms with E-state index in [9.17, 15) is 18.0 Å². The summed E-state index contributed by atoms with van der Waals surface area (Å²) < 4.78 is 43.0. The number of hydrogen-bond donors (Lipinski definition) is 0. The Morgan fingerprint density at radius 1 is 1.14 bits per heavy atom. The highest BCUT2D eigenvalue weighted by molar-refractivity contribution is 5.83. The smallest absolute Gasteiger partial charge is 0.413 e. The predicted octanol–water partition coefficient (Wildman–Crippen LogP) is 5.12. The Kier molecular flexibility index (Phi) is 8.74. The average molecular weight is 304 g/mol. The highest BCUT2D eigenvalue weighted by Gasteiger charge is 2.33. The Morgan fingerprint density at radius 3 is 2.24 bits per heavy atom. The van der Waals surface area contributed by atoms with Gasteiger partial charge in [-0.05, 0) is 47.0 Å². The molecule has 0 aliphatic carbocycles. The molecule has 21 heavy (non-hydrogen) atoms. The minimum Gasteiger partial charge on any atom is -0.463 e. The molecule has 0 aliphatic rings. The molecule has 0 aromatic heterocycles. The summed E-state index contributed by atoms with van der Waals surface area (Å²) in [6, 6.07) is 0. The predicted molar refractivity (Wildman–Crippen MR) is 77.8 cm³/mol. The Balaban J connectivity index is 4.77. The van der Waals surface area contributed by atoms with Gasteiger partial charge in [-0.3, -0.25) is 0 Å². The summed E-state index contributed by atoms with van der Waals surface area (Å²) in [7, 11) is 0. The van der Waals surface area contributed by atoms with Gasteiger partial charge in [0.1, 0.15) is 0 Å². The van der Waals surface area contributed by atoms with Crippen LogP contribution in [-0.2, 0) is 9.53 Å². The number of esters is 1. The summed E-state index contributed by atoms with van der Waals surface area (Å²) in [5.74, 6) is -0.958. The van der Waals surface area contributed by atoms with Gasteiger partial charge in [-0.25, -0.2) is 4.79 Å². The molecule has 0 aromatic rings. The molecule has 0 saturated heterocycles. The second-order valence-corrected chi connectivity index (χ2v) is 4.99. The fourth-order valence-corrected chi connectivity index (χ4v) is 1.56. The van der Waals surface area contributed by atoms with Crippen LogP contribution < -0.4 is 0 Å². The van der Waals surface area contributed by atoms with Crippen LogP contribution in [0.5, 0.6) is 0 Å². The third-order valence-electron chi connectivity index (χ3n) is 2.70. The molecule has 0 amide bonds. The summed E-state index contributed by atoms with van der Waals surface area (Å²) in [6.45, 7) is 7.34. The molecular formula is C16H23F3O2. The first-order valence-corrected chi connectivity index (χ1v) is 6.90. The van der Waals surface area contributed by atoms with Gasteiger partial charge in [0, 0.05) is 11.6 Å². The summed E-state index contributed by atoms with van der Waals surface area (Å²) in [4.78, 5) is 11.2. The van der Waals surface area contributed by atoms with Crippen molar-refractivity contribution in [2.45, 2.75) is 53.1 Å². The number of allylic oxidation sites excluding steroid dienone is 5. The maximum atomic E-state index is 12.8. The van der Waals surface area contributed by atoms with Crippen LogP contribution in [-0.4, -0.2) is 18.8 Å². The largest absolute Gasteiger partial charge is 0.463 e. The van der Waals surface area contributed by atoms with Gasteiger partial charge in [0.05, 0.1) is 6.61 Å². The van der Waals surface area contributed by atoms with Crippen molar-refractivity contribution in [1.29, 1.82) is 0 Å². The van der Waals surface area contributed by atoms with E-state index in [1.165, 1.54) is 11.6 Å². The van der Waals surface area contributed by atoms with E-state index in [-0.39, 0.29) is 13.0 Å². The van der Waals surface area contributed by atoms with E-state index in [1.54, 1.807) is 13.8 Å². The molecule has 0 rings (SSSR count). The lowest BCUT2D eigenvalue weighted by atomic mass is 10.1. The van der Waals surface area contributed by atoms with Crippen LogP contribution in [0.15, 0.2) is 34.9 Å². The van der Waals surface area contributed by atoms with E-state index >= 15 is 0 Å². The fourth-order valence-electron chi connectivity index (χ4n) is 1.56. The van der Waals surface area contributed by atoms with Crippen molar-refractivity contribution in [2.24, 2.45) is 0 Å². The van der Waals surface area contributed by atoms with Gasteiger partial charge in [0.25, 0.3) is 0 Å². The number of carbonyl (C=O) groups excluding carboxylic acids is 1. The zero-order valence-corrected chi connectivity index (χ0v) is 13.0. The Bertz CT molecular complexity index is 425. The van der Waals surface area contributed by atoms with Crippen LogP contribution in [0.25, 0.3) is 0 Å². The van der Waals surface area contributed by atoms with Crippen LogP contribution in [0.2, 0.25) is 0 Å². The lowest BCUT2D eigenvalue weighted by molar-refractivity contribution is -0.138. The van der Waals surface area contributed by atoms with E-state index < -0.39 is 17.7 Å². The van der Waals surface area contributed by atoms with E-state index in [1.807, 2.05) is 19.9 Å². The molecule has 0 heterocycles. The minimum absolute atomic E-state index is 0.0536. The number of ether oxygens (including phenoxy) is 1. The molecule has 0 atom stereocenters. The van der Waals surface area contributed by atoms with E-state index in [0.29, 0.717) is 12.5 Å². The first-order chi connectivity index (χ1) is 9.66. The maximum absolute atomic E-state index is 12.8. The molecule has 0 aromatic carbocycles. The number of alkyl halides is 3. The fraction of sp³-hybridized carbons (Fsp3) is 0.562. The Labute approximate surface area is 124 Å². The van der Waals surface area contributed by atoms with E-state index in [2.05, 4.69) is 4.74 Å². The van der Waals surface area contributed by atoms with Crippen molar-refractivity contribution < 1.29 is 22.7 Å². The lowest BCUT2D eigenvalue weighted by Gasteiger charge is -2.10. The quantitative estimate of drug-likeness (QED) is 0.370. The van der Waals surface area contributed by atoms with E-state index in [4.69, 9.17) is 0 Å². The summed E-state index contributed by atoms with van der Waals surface area (Å²) in [5, 5.41) is 0. The topological polar surface area (TPSA) is 26.3 Å². The van der Waals surface area contributed by atoms with Gasteiger partial charge in [-0.2, -0.15) is 13.2 Å². The first kappa shape index (κ1) is 19.5. The SMILES string of the molecule is CCOC(=O)/C=C(\C/C=C(\C)CCC=C(C)C)C(F)(F)F. The second kappa shape index (κ2) is 9.42. The van der Waals surface area contributed by atoms with Crippen LogP contribution in [0.4, 0.5) is 13.2 Å². The molecule has 0 N–H and O–H groups in total. The molecule has 120 valence electrons. The van der Waals surface area contributed by atoms with Gasteiger partial charge in [0.2, 0.25) is 0 Å². The van der Waals surface area contributed by atoms with Gasteiger partial charge in [-0.1, -0.05) is 23.3 Å². The standard InChI is InChI=1S/C16H23F3O2/c1-5-21-15(20)11-14(16(17,18)19)10-9-13(4)8-6-7-12(2)3/h7,9,11H,5-6,8,10H2,1-4H3/b13-9+,14-11+. The van der Waals surface area contributed by atoms with Crippen molar-refractivity contribution in [1.82, 2.24) is 0 Å². The van der Waals surface area contributed by atoms with E-state index in [0.717, 1.165) is 12.0 Å². The molecular weight excluding hydrogens is 281 g/mol. The molecule has 0 spiro atoms. The Morgan fingerprint density at radius 2 is 1.76 bits per heavy atom. The zero-order chi connectivity index (χ0) is 16.5. The van der Waals surface area contributed by atoms with Crippen molar-refractivity contribution in [3.05, 3.63) is 34.9 Å². The van der Waals surface area contributed by atoms with Crippen LogP contribution >= 0.6 is 0 Å². The van der Waals surface area contributed by atoms with Gasteiger partial charge < -0.3 is 4.74 Å². The molecule has 0 saturated carbocycles. The van der Waals surface area contributed by atoms with Gasteiger partial charge in [-0.15, -0.1) is 0 Å². The lowest BCUT2D eigenvalue weighted by Crippen LogP contribution is -2.14. The first-order valence-electron chi connectivity index (χ1n) is 6.90. The summed E-state index contributed by atoms with van der Waals surface area (Å²) >= 11 is 0. The van der Waals surface area contributed by atoms with Crippen LogP contribution in [0.1, 0.15) is 47.0 Å². The second-order valence-electron chi connectivity index (χ2n) is 4.99. The average Bonchev–Trinajstić information content (AvgIpc) is 2.32. The number of halogens is 3. The Hall–Kier alpha value is -1.52. The highest BCUT2D eigenvalue weighted by Crippen LogP contribution is 2.29. The molecule has 0 bridgehead atoms. The van der Waals surface area contributed by atoms with Crippen molar-refractivity contribution in [3.63, 3.8) is 0 Å². The normalized spacial score (nSPS) is 13.1. The molecule has 0 aliphatic heterocycles. The molecule has 0 fully saturated rings. The highest BCUT2D eigenvalue weighted by atomic mass is 19.4. The summed E-state index contributed by atoms with van der Waals surface area (Å²) in [6.07, 6.45) is 0.743. The molecule has 0 radical (unpaired) electrons. The third-order valence-corrected chi connectivity index (χ3v) is 2.70. The maximum Gasteiger partial charge on any atom is 0.413 e. The third kappa shape index (κ3) is 9.93. The number of hydrogen-bond acceptors (Lipinski definition) is 2. The molecule has 2 nitrogen and oxygen atoms in total. The summed E-state index contributed by atoms with van der Waals surface area (Å²) in [5.41, 5.74) is 1.16. The van der Waals surface area contributed by atoms with Crippen molar-refractivity contribution >= 4 is 5.97 Å². The number of rotatable bonds is 7. The monoisotopic (exact) mass is 304 g/mol. The van der Waals surface area contributed by atoms with Crippen LogP contribution in [0.3, 0.4) is 0 Å². The minimum atomic E-state index is -4.52. The van der Waals surface area contributed by atoms with Gasteiger partial charge in [0.15, 0.2) is 0 Å². The molecule has 0 unspecified atom stereocenters. The van der Waals surface area contributed by atoms with Gasteiger partial charge >= 0.3 is 12.1 Å². The number of carbonyl (C=O) groups is 1. The molecule has 5 heteroatoms. The van der Waals surface area contributed by atoms with Crippen molar-refractivity contribution in [2.75, 3.05) is 6.61 Å². The zero-order valence-electron chi connectivity index (χ0n) is 13.0. The van der Waals surface area contributed by atoms with Crippen LogP contribution in [0, 0.1) is 0 Å².